The van der Waals surface area contributed by atoms with E-state index in [4.69, 9.17) is 10.5 Å². The van der Waals surface area contributed by atoms with Gasteiger partial charge >= 0.3 is 5.97 Å². The molecule has 1 atom stereocenters. The van der Waals surface area contributed by atoms with Gasteiger partial charge in [0.25, 0.3) is 11.8 Å². The summed E-state index contributed by atoms with van der Waals surface area (Å²) in [4.78, 5) is 52.6. The maximum absolute atomic E-state index is 13.0. The number of nitrogens with two attached hydrogens (primary N) is 1. The summed E-state index contributed by atoms with van der Waals surface area (Å²) >= 11 is 0. The lowest BCUT2D eigenvalue weighted by Crippen LogP contribution is -2.55. The quantitative estimate of drug-likeness (QED) is 0.243. The predicted molar refractivity (Wildman–Crippen MR) is 119 cm³/mol. The number of carbonyl (C=O) groups excluding carboxylic acids is 4. The van der Waals surface area contributed by atoms with E-state index < -0.39 is 30.6 Å². The van der Waals surface area contributed by atoms with Crippen LogP contribution in [-0.4, -0.2) is 46.3 Å². The zero-order chi connectivity index (χ0) is 23.1. The Bertz CT molecular complexity index is 869. The van der Waals surface area contributed by atoms with E-state index in [1.807, 2.05) is 0 Å². The molecule has 2 N–H and O–H groups in total. The van der Waals surface area contributed by atoms with Crippen molar-refractivity contribution in [1.82, 2.24) is 9.80 Å². The molecule has 0 radical (unpaired) electrons. The number of hydrogen-bond donors (Lipinski definition) is 1. The zero-order valence-corrected chi connectivity index (χ0v) is 18.8. The lowest BCUT2D eigenvalue weighted by Gasteiger charge is -2.35. The molecule has 32 heavy (non-hydrogen) atoms. The van der Waals surface area contributed by atoms with Crippen LogP contribution in [0.3, 0.4) is 0 Å². The number of fused-ring (bicyclic) bond motifs is 1. The van der Waals surface area contributed by atoms with E-state index in [1.165, 1.54) is 30.6 Å². The number of likely N-dealkylation sites (tertiary alicyclic amines) is 1. The standard InChI is InChI=1S/C24H33N3O5/c1-2-3-4-5-6-7-8-12-22(29)32-16-27-21(28)14-13-20(24(27)31)26-15-18-17(23(26)30)10-9-11-19(18)25/h9-11,20H,2-8,12-16,25H2,1H3. The number of benzene rings is 1. The minimum absolute atomic E-state index is 0.112. The fourth-order valence-corrected chi connectivity index (χ4v) is 4.31. The van der Waals surface area contributed by atoms with Gasteiger partial charge in [-0.2, -0.15) is 0 Å². The zero-order valence-electron chi connectivity index (χ0n) is 18.8. The normalized spacial score (nSPS) is 18.3. The predicted octanol–water partition coefficient (Wildman–Crippen LogP) is 3.38. The van der Waals surface area contributed by atoms with Gasteiger partial charge in [0.2, 0.25) is 5.91 Å². The first kappa shape index (κ1) is 23.8. The first-order valence-corrected chi connectivity index (χ1v) is 11.6. The van der Waals surface area contributed by atoms with Gasteiger partial charge in [-0.25, -0.2) is 4.90 Å². The van der Waals surface area contributed by atoms with E-state index in [1.54, 1.807) is 18.2 Å². The summed E-state index contributed by atoms with van der Waals surface area (Å²) in [6, 6.07) is 4.35. The Morgan fingerprint density at radius 1 is 1.09 bits per heavy atom. The molecular formula is C24H33N3O5. The van der Waals surface area contributed by atoms with Gasteiger partial charge in [0.1, 0.15) is 6.04 Å². The Morgan fingerprint density at radius 2 is 1.81 bits per heavy atom. The Hall–Kier alpha value is -2.90. The average molecular weight is 444 g/mol. The minimum Gasteiger partial charge on any atom is -0.444 e. The minimum atomic E-state index is -0.770. The number of carbonyl (C=O) groups is 4. The fourth-order valence-electron chi connectivity index (χ4n) is 4.31. The van der Waals surface area contributed by atoms with Crippen molar-refractivity contribution >= 4 is 29.4 Å². The number of esters is 1. The molecule has 3 rings (SSSR count). The van der Waals surface area contributed by atoms with Crippen molar-refractivity contribution in [2.75, 3.05) is 12.5 Å². The van der Waals surface area contributed by atoms with Crippen LogP contribution in [-0.2, 0) is 25.7 Å². The van der Waals surface area contributed by atoms with Gasteiger partial charge in [-0.3, -0.25) is 19.2 Å². The van der Waals surface area contributed by atoms with Crippen LogP contribution in [0.1, 0.15) is 87.1 Å². The summed E-state index contributed by atoms with van der Waals surface area (Å²) in [5.74, 6) is -1.59. The fraction of sp³-hybridized carbons (Fsp3) is 0.583. The highest BCUT2D eigenvalue weighted by molar-refractivity contribution is 6.06. The van der Waals surface area contributed by atoms with Crippen molar-refractivity contribution in [3.63, 3.8) is 0 Å². The molecule has 2 heterocycles. The van der Waals surface area contributed by atoms with Crippen LogP contribution in [0.4, 0.5) is 5.69 Å². The molecule has 174 valence electrons. The molecule has 1 aromatic rings. The summed E-state index contributed by atoms with van der Waals surface area (Å²) in [6.07, 6.45) is 8.25. The van der Waals surface area contributed by atoms with Crippen molar-refractivity contribution in [3.8, 4) is 0 Å². The summed E-state index contributed by atoms with van der Waals surface area (Å²) in [5.41, 5.74) is 7.69. The number of nitrogen functional groups attached to an aromatic ring is 1. The second-order valence-electron chi connectivity index (χ2n) is 8.54. The molecule has 0 spiro atoms. The third kappa shape index (κ3) is 5.47. The number of amides is 3. The Kier molecular flexibility index (Phi) is 8.25. The van der Waals surface area contributed by atoms with Crippen molar-refractivity contribution < 1.29 is 23.9 Å². The highest BCUT2D eigenvalue weighted by Gasteiger charge is 2.43. The van der Waals surface area contributed by atoms with Crippen LogP contribution < -0.4 is 5.73 Å². The number of piperidine rings is 1. The summed E-state index contributed by atoms with van der Waals surface area (Å²) in [7, 11) is 0. The van der Waals surface area contributed by atoms with Crippen LogP contribution in [0.5, 0.6) is 0 Å². The second-order valence-corrected chi connectivity index (χ2v) is 8.54. The van der Waals surface area contributed by atoms with Crippen molar-refractivity contribution in [3.05, 3.63) is 29.3 Å². The van der Waals surface area contributed by atoms with Crippen LogP contribution in [0.2, 0.25) is 0 Å². The second kappa shape index (κ2) is 11.1. The van der Waals surface area contributed by atoms with Gasteiger partial charge in [0.15, 0.2) is 6.73 Å². The number of nitrogens with zero attached hydrogens (tertiary/aromatic N) is 2. The maximum atomic E-state index is 13.0. The SMILES string of the molecule is CCCCCCCCCC(=O)OCN1C(=O)CCC(N2Cc3c(N)cccc3C2=O)C1=O. The van der Waals surface area contributed by atoms with Gasteiger partial charge in [0.05, 0.1) is 0 Å². The molecular weight excluding hydrogens is 410 g/mol. The molecule has 1 unspecified atom stereocenters. The first-order chi connectivity index (χ1) is 15.4. The molecule has 2 aliphatic heterocycles. The molecule has 8 heteroatoms. The van der Waals surface area contributed by atoms with E-state index in [9.17, 15) is 19.2 Å². The van der Waals surface area contributed by atoms with Gasteiger partial charge in [-0.05, 0) is 25.0 Å². The topological polar surface area (TPSA) is 110 Å². The highest BCUT2D eigenvalue weighted by Crippen LogP contribution is 2.32. The molecule has 0 aliphatic carbocycles. The van der Waals surface area contributed by atoms with Crippen LogP contribution in [0.15, 0.2) is 18.2 Å². The van der Waals surface area contributed by atoms with E-state index in [0.717, 1.165) is 24.2 Å². The first-order valence-electron chi connectivity index (χ1n) is 11.6. The molecule has 2 aliphatic rings. The third-order valence-electron chi connectivity index (χ3n) is 6.23. The monoisotopic (exact) mass is 443 g/mol. The maximum Gasteiger partial charge on any atom is 0.307 e. The molecule has 1 saturated heterocycles. The lowest BCUT2D eigenvalue weighted by molar-refractivity contribution is -0.164. The Morgan fingerprint density at radius 3 is 2.53 bits per heavy atom. The molecule has 0 aromatic heterocycles. The summed E-state index contributed by atoms with van der Waals surface area (Å²) in [5, 5.41) is 0. The highest BCUT2D eigenvalue weighted by atomic mass is 16.5. The van der Waals surface area contributed by atoms with Crippen LogP contribution >= 0.6 is 0 Å². The van der Waals surface area contributed by atoms with Crippen LogP contribution in [0, 0.1) is 0 Å². The van der Waals surface area contributed by atoms with Crippen molar-refractivity contribution in [2.45, 2.75) is 83.7 Å². The molecule has 8 nitrogen and oxygen atoms in total. The number of anilines is 1. The number of hydrogen-bond acceptors (Lipinski definition) is 6. The summed E-state index contributed by atoms with van der Waals surface area (Å²) < 4.78 is 5.21. The van der Waals surface area contributed by atoms with E-state index in [2.05, 4.69) is 6.92 Å². The Balaban J connectivity index is 1.49. The van der Waals surface area contributed by atoms with Gasteiger partial charge in [-0.1, -0.05) is 51.5 Å². The van der Waals surface area contributed by atoms with Crippen LogP contribution in [0.25, 0.3) is 0 Å². The van der Waals surface area contributed by atoms with E-state index >= 15 is 0 Å². The third-order valence-corrected chi connectivity index (χ3v) is 6.23. The van der Waals surface area contributed by atoms with Gasteiger partial charge in [0, 0.05) is 36.2 Å². The number of rotatable bonds is 11. The smallest absolute Gasteiger partial charge is 0.307 e. The largest absolute Gasteiger partial charge is 0.444 e. The average Bonchev–Trinajstić information content (AvgIpc) is 3.11. The van der Waals surface area contributed by atoms with Crippen molar-refractivity contribution in [1.29, 1.82) is 0 Å². The molecule has 1 fully saturated rings. The number of imide groups is 1. The van der Waals surface area contributed by atoms with Gasteiger partial charge in [-0.15, -0.1) is 0 Å². The molecule has 0 saturated carbocycles. The lowest BCUT2D eigenvalue weighted by atomic mass is 10.0. The molecule has 3 amide bonds. The van der Waals surface area contributed by atoms with Gasteiger partial charge < -0.3 is 15.4 Å². The number of ether oxygens (including phenoxy) is 1. The molecule has 1 aromatic carbocycles. The Labute approximate surface area is 189 Å². The van der Waals surface area contributed by atoms with E-state index in [-0.39, 0.29) is 31.7 Å². The van der Waals surface area contributed by atoms with Crippen molar-refractivity contribution in [2.24, 2.45) is 0 Å². The molecule has 0 bridgehead atoms. The van der Waals surface area contributed by atoms with E-state index in [0.29, 0.717) is 16.8 Å². The summed E-state index contributed by atoms with van der Waals surface area (Å²) in [6.45, 7) is 2.01. The number of unbranched alkanes of at least 4 members (excludes halogenated alkanes) is 6.